The molecule has 0 radical (unpaired) electrons. The molecule has 2 atom stereocenters. The van der Waals surface area contributed by atoms with Crippen molar-refractivity contribution in [2.24, 2.45) is 11.8 Å². The highest BCUT2D eigenvalue weighted by molar-refractivity contribution is 5.85. The van der Waals surface area contributed by atoms with Gasteiger partial charge in [0.2, 0.25) is 5.91 Å². The van der Waals surface area contributed by atoms with Crippen molar-refractivity contribution in [2.45, 2.75) is 37.7 Å². The van der Waals surface area contributed by atoms with Gasteiger partial charge in [0.1, 0.15) is 0 Å². The first-order valence-corrected chi connectivity index (χ1v) is 8.45. The summed E-state index contributed by atoms with van der Waals surface area (Å²) in [6, 6.07) is 10.6. The monoisotopic (exact) mass is 338 g/mol. The van der Waals surface area contributed by atoms with Crippen LogP contribution in [0.2, 0.25) is 0 Å². The molecule has 0 aromatic heterocycles. The fourth-order valence-electron chi connectivity index (χ4n) is 3.72. The van der Waals surface area contributed by atoms with E-state index in [0.29, 0.717) is 19.0 Å². The van der Waals surface area contributed by atoms with Gasteiger partial charge in [0.15, 0.2) is 0 Å². The average molecular weight is 339 g/mol. The van der Waals surface area contributed by atoms with Crippen molar-refractivity contribution < 1.29 is 9.90 Å². The minimum Gasteiger partial charge on any atom is -0.391 e. The summed E-state index contributed by atoms with van der Waals surface area (Å²) in [6.45, 7) is 2.02. The van der Waals surface area contributed by atoms with E-state index in [-0.39, 0.29) is 36.3 Å². The number of carbonyl (C=O) groups excluding carboxylic acids is 1. The molecule has 128 valence electrons. The van der Waals surface area contributed by atoms with Crippen molar-refractivity contribution in [1.29, 1.82) is 0 Å². The molecule has 4 nitrogen and oxygen atoms in total. The first-order chi connectivity index (χ1) is 10.7. The van der Waals surface area contributed by atoms with Crippen LogP contribution in [-0.2, 0) is 4.79 Å². The molecule has 23 heavy (non-hydrogen) atoms. The minimum atomic E-state index is -0.325. The van der Waals surface area contributed by atoms with E-state index in [1.54, 1.807) is 0 Å². The highest BCUT2D eigenvalue weighted by atomic mass is 35.5. The van der Waals surface area contributed by atoms with Gasteiger partial charge in [0.05, 0.1) is 6.10 Å². The average Bonchev–Trinajstić information content (AvgIpc) is 2.99. The molecule has 0 spiro atoms. The summed E-state index contributed by atoms with van der Waals surface area (Å²) in [7, 11) is 0. The number of aliphatic hydroxyl groups excluding tert-OH is 1. The summed E-state index contributed by atoms with van der Waals surface area (Å²) in [5.41, 5.74) is 1.40. The smallest absolute Gasteiger partial charge is 0.223 e. The van der Waals surface area contributed by atoms with Crippen LogP contribution in [0.25, 0.3) is 0 Å². The molecule has 2 unspecified atom stereocenters. The zero-order valence-electron chi connectivity index (χ0n) is 13.4. The highest BCUT2D eigenvalue weighted by Gasteiger charge is 2.29. The van der Waals surface area contributed by atoms with Crippen LogP contribution in [0.4, 0.5) is 0 Å². The zero-order chi connectivity index (χ0) is 15.4. The van der Waals surface area contributed by atoms with Crippen molar-refractivity contribution in [1.82, 2.24) is 10.6 Å². The van der Waals surface area contributed by atoms with Gasteiger partial charge in [0, 0.05) is 31.5 Å². The molecule has 0 bridgehead atoms. The van der Waals surface area contributed by atoms with Crippen molar-refractivity contribution >= 4 is 18.3 Å². The maximum Gasteiger partial charge on any atom is 0.223 e. The Balaban J connectivity index is 0.00000192. The van der Waals surface area contributed by atoms with Gasteiger partial charge < -0.3 is 15.7 Å². The molecule has 1 aromatic carbocycles. The SMILES string of the molecule is Cl.O=C(NCC1CNCC1O)C1CCC(c2ccccc2)CC1. The Morgan fingerprint density at radius 1 is 1.13 bits per heavy atom. The first-order valence-electron chi connectivity index (χ1n) is 8.45. The Morgan fingerprint density at radius 3 is 2.43 bits per heavy atom. The Kier molecular flexibility index (Phi) is 6.88. The number of aliphatic hydroxyl groups is 1. The number of nitrogens with one attached hydrogen (secondary N) is 2. The van der Waals surface area contributed by atoms with Crippen molar-refractivity contribution in [3.05, 3.63) is 35.9 Å². The number of benzene rings is 1. The Labute approximate surface area is 144 Å². The van der Waals surface area contributed by atoms with Crippen LogP contribution in [0.15, 0.2) is 30.3 Å². The number of hydrogen-bond donors (Lipinski definition) is 3. The van der Waals surface area contributed by atoms with Gasteiger partial charge in [0.25, 0.3) is 0 Å². The lowest BCUT2D eigenvalue weighted by Crippen LogP contribution is -2.38. The van der Waals surface area contributed by atoms with Gasteiger partial charge in [-0.15, -0.1) is 12.4 Å². The van der Waals surface area contributed by atoms with E-state index in [1.807, 2.05) is 0 Å². The number of amides is 1. The topological polar surface area (TPSA) is 61.4 Å². The predicted molar refractivity (Wildman–Crippen MR) is 93.8 cm³/mol. The second-order valence-electron chi connectivity index (χ2n) is 6.69. The third kappa shape index (κ3) is 4.69. The second kappa shape index (κ2) is 8.67. The molecular weight excluding hydrogens is 312 g/mol. The molecular formula is C18H27ClN2O2. The van der Waals surface area contributed by atoms with E-state index in [4.69, 9.17) is 0 Å². The first kappa shape index (κ1) is 18.2. The maximum atomic E-state index is 12.3. The van der Waals surface area contributed by atoms with Crippen LogP contribution < -0.4 is 10.6 Å². The lowest BCUT2D eigenvalue weighted by molar-refractivity contribution is -0.126. The van der Waals surface area contributed by atoms with Gasteiger partial charge in [-0.25, -0.2) is 0 Å². The molecule has 1 saturated heterocycles. The van der Waals surface area contributed by atoms with E-state index >= 15 is 0 Å². The van der Waals surface area contributed by atoms with Crippen LogP contribution in [0.1, 0.15) is 37.2 Å². The molecule has 1 aromatic rings. The summed E-state index contributed by atoms with van der Waals surface area (Å²) >= 11 is 0. The standard InChI is InChI=1S/C18H26N2O2.ClH/c21-17-12-19-10-16(17)11-20-18(22)15-8-6-14(7-9-15)13-4-2-1-3-5-13;/h1-5,14-17,19,21H,6-12H2,(H,20,22);1H. The second-order valence-corrected chi connectivity index (χ2v) is 6.69. The molecule has 3 N–H and O–H groups in total. The van der Waals surface area contributed by atoms with Gasteiger partial charge >= 0.3 is 0 Å². The summed E-state index contributed by atoms with van der Waals surface area (Å²) < 4.78 is 0. The normalized spacial score (nSPS) is 30.5. The van der Waals surface area contributed by atoms with Crippen LogP contribution in [0.5, 0.6) is 0 Å². The lowest BCUT2D eigenvalue weighted by Gasteiger charge is -2.28. The third-order valence-electron chi connectivity index (χ3n) is 5.21. The van der Waals surface area contributed by atoms with Gasteiger partial charge in [-0.2, -0.15) is 0 Å². The molecule has 2 fully saturated rings. The van der Waals surface area contributed by atoms with E-state index in [0.717, 1.165) is 32.2 Å². The van der Waals surface area contributed by atoms with Gasteiger partial charge in [-0.05, 0) is 37.2 Å². The Hall–Kier alpha value is -1.10. The molecule has 3 rings (SSSR count). The largest absolute Gasteiger partial charge is 0.391 e. The van der Waals surface area contributed by atoms with Crippen LogP contribution in [0, 0.1) is 11.8 Å². The van der Waals surface area contributed by atoms with Gasteiger partial charge in [-0.3, -0.25) is 4.79 Å². The fourth-order valence-corrected chi connectivity index (χ4v) is 3.72. The Morgan fingerprint density at radius 2 is 1.83 bits per heavy atom. The quantitative estimate of drug-likeness (QED) is 0.787. The van der Waals surface area contributed by atoms with Gasteiger partial charge in [-0.1, -0.05) is 30.3 Å². The molecule has 1 amide bonds. The Bertz CT molecular complexity index is 489. The van der Waals surface area contributed by atoms with Crippen molar-refractivity contribution in [3.8, 4) is 0 Å². The van der Waals surface area contributed by atoms with E-state index in [2.05, 4.69) is 41.0 Å². The molecule has 1 saturated carbocycles. The van der Waals surface area contributed by atoms with E-state index in [9.17, 15) is 9.90 Å². The summed E-state index contributed by atoms with van der Waals surface area (Å²) in [6.07, 6.45) is 3.80. The molecule has 1 heterocycles. The lowest BCUT2D eigenvalue weighted by atomic mass is 9.78. The highest BCUT2D eigenvalue weighted by Crippen LogP contribution is 2.35. The van der Waals surface area contributed by atoms with E-state index in [1.165, 1.54) is 5.56 Å². The number of β-amino-alcohol motifs (C(OH)–C–C–N with tert-alkyl or cyclic N) is 1. The number of rotatable bonds is 4. The summed E-state index contributed by atoms with van der Waals surface area (Å²) in [4.78, 5) is 12.3. The molecule has 1 aliphatic carbocycles. The van der Waals surface area contributed by atoms with Crippen molar-refractivity contribution in [3.63, 3.8) is 0 Å². The van der Waals surface area contributed by atoms with Crippen LogP contribution in [-0.4, -0.2) is 36.8 Å². The molecule has 1 aliphatic heterocycles. The molecule has 5 heteroatoms. The van der Waals surface area contributed by atoms with Crippen LogP contribution in [0.3, 0.4) is 0 Å². The predicted octanol–water partition coefficient (Wildman–Crippen LogP) is 2.08. The van der Waals surface area contributed by atoms with Crippen LogP contribution >= 0.6 is 12.4 Å². The fraction of sp³-hybridized carbons (Fsp3) is 0.611. The summed E-state index contributed by atoms with van der Waals surface area (Å²) in [5, 5.41) is 15.9. The number of hydrogen-bond acceptors (Lipinski definition) is 3. The molecule has 2 aliphatic rings. The number of halogens is 1. The maximum absolute atomic E-state index is 12.3. The van der Waals surface area contributed by atoms with E-state index < -0.39 is 0 Å². The van der Waals surface area contributed by atoms with Crippen molar-refractivity contribution in [2.75, 3.05) is 19.6 Å². The minimum absolute atomic E-state index is 0. The summed E-state index contributed by atoms with van der Waals surface area (Å²) in [5.74, 6) is 1.08. The zero-order valence-corrected chi connectivity index (χ0v) is 14.2. The third-order valence-corrected chi connectivity index (χ3v) is 5.21. The number of carbonyl (C=O) groups is 1.